The Hall–Kier alpha value is -1.36. The average molecular weight is 264 g/mol. The van der Waals surface area contributed by atoms with Gasteiger partial charge >= 0.3 is 0 Å². The molecule has 1 aliphatic rings. The van der Waals surface area contributed by atoms with Crippen molar-refractivity contribution in [2.75, 3.05) is 26.2 Å². The molecule has 1 aromatic heterocycles. The van der Waals surface area contributed by atoms with Gasteiger partial charge in [-0.1, -0.05) is 6.92 Å². The van der Waals surface area contributed by atoms with E-state index in [1.54, 1.807) is 6.33 Å². The fraction of sp³-hybridized carbons (Fsp3) is 0.714. The minimum Gasteiger partial charge on any atom is -0.341 e. The summed E-state index contributed by atoms with van der Waals surface area (Å²) in [5.74, 6) is 0.218. The third kappa shape index (κ3) is 4.35. The Morgan fingerprint density at radius 2 is 2.16 bits per heavy atom. The molecule has 0 aromatic carbocycles. The first-order valence-corrected chi connectivity index (χ1v) is 7.28. The summed E-state index contributed by atoms with van der Waals surface area (Å²) in [7, 11) is 0. The Morgan fingerprint density at radius 3 is 2.89 bits per heavy atom. The van der Waals surface area contributed by atoms with Crippen molar-refractivity contribution >= 4 is 5.91 Å². The molecule has 0 bridgehead atoms. The topological polar surface area (TPSA) is 50.2 Å². The van der Waals surface area contributed by atoms with Crippen LogP contribution in [0.3, 0.4) is 0 Å². The van der Waals surface area contributed by atoms with Crippen LogP contribution in [-0.2, 0) is 17.8 Å². The van der Waals surface area contributed by atoms with Crippen molar-refractivity contribution in [2.45, 2.75) is 39.2 Å². The predicted octanol–water partition coefficient (Wildman–Crippen LogP) is 1.05. The van der Waals surface area contributed by atoms with Crippen molar-refractivity contribution in [3.05, 3.63) is 18.2 Å². The normalized spacial score (nSPS) is 15.7. The lowest BCUT2D eigenvalue weighted by Crippen LogP contribution is -2.37. The summed E-state index contributed by atoms with van der Waals surface area (Å²) in [6.45, 7) is 6.27. The minimum atomic E-state index is 0.218. The van der Waals surface area contributed by atoms with Crippen LogP contribution in [0.4, 0.5) is 0 Å². The molecule has 0 unspecified atom stereocenters. The summed E-state index contributed by atoms with van der Waals surface area (Å²) in [5.41, 5.74) is 1.05. The van der Waals surface area contributed by atoms with Gasteiger partial charge in [-0.2, -0.15) is 0 Å². The second-order valence-corrected chi connectivity index (χ2v) is 5.08. The van der Waals surface area contributed by atoms with E-state index in [-0.39, 0.29) is 5.91 Å². The fourth-order valence-electron chi connectivity index (χ4n) is 2.41. The number of carbonyl (C=O) groups is 1. The summed E-state index contributed by atoms with van der Waals surface area (Å²) >= 11 is 0. The smallest absolute Gasteiger partial charge is 0.242 e. The van der Waals surface area contributed by atoms with Crippen molar-refractivity contribution in [2.24, 2.45) is 0 Å². The Kier molecular flexibility index (Phi) is 5.39. The fourth-order valence-corrected chi connectivity index (χ4v) is 2.41. The van der Waals surface area contributed by atoms with Crippen LogP contribution in [0.2, 0.25) is 0 Å². The first kappa shape index (κ1) is 14.1. The second kappa shape index (κ2) is 7.28. The number of aromatic nitrogens is 2. The minimum absolute atomic E-state index is 0.218. The number of rotatable bonds is 6. The summed E-state index contributed by atoms with van der Waals surface area (Å²) in [6.07, 6.45) is 8.21. The van der Waals surface area contributed by atoms with Gasteiger partial charge in [0.1, 0.15) is 6.54 Å². The van der Waals surface area contributed by atoms with E-state index in [0.717, 1.165) is 51.1 Å². The van der Waals surface area contributed by atoms with Gasteiger partial charge in [0, 0.05) is 32.3 Å². The first-order valence-electron chi connectivity index (χ1n) is 7.28. The Morgan fingerprint density at radius 1 is 1.37 bits per heavy atom. The molecule has 106 valence electrons. The Balaban J connectivity index is 1.80. The molecule has 2 rings (SSSR count). The van der Waals surface area contributed by atoms with E-state index >= 15 is 0 Å². The molecule has 1 saturated heterocycles. The van der Waals surface area contributed by atoms with Gasteiger partial charge in [-0.05, 0) is 25.8 Å². The number of nitrogens with zero attached hydrogens (tertiary/aromatic N) is 3. The van der Waals surface area contributed by atoms with Gasteiger partial charge in [0.15, 0.2) is 0 Å². The van der Waals surface area contributed by atoms with Crippen molar-refractivity contribution in [3.8, 4) is 0 Å². The zero-order valence-electron chi connectivity index (χ0n) is 11.8. The number of carbonyl (C=O) groups excluding carboxylic acids is 1. The predicted molar refractivity (Wildman–Crippen MR) is 74.9 cm³/mol. The van der Waals surface area contributed by atoms with Crippen LogP contribution in [0.25, 0.3) is 0 Å². The molecule has 1 fully saturated rings. The maximum absolute atomic E-state index is 12.1. The average Bonchev–Trinajstić information content (AvgIpc) is 2.88. The van der Waals surface area contributed by atoms with Crippen LogP contribution < -0.4 is 5.32 Å². The van der Waals surface area contributed by atoms with Gasteiger partial charge < -0.3 is 14.8 Å². The van der Waals surface area contributed by atoms with Crippen molar-refractivity contribution < 1.29 is 4.79 Å². The molecule has 1 amide bonds. The van der Waals surface area contributed by atoms with E-state index in [0.29, 0.717) is 6.54 Å². The Labute approximate surface area is 115 Å². The standard InChI is InChI=1S/C14H24N4O/c1-2-15-7-6-13-10-17(12-16-13)11-14(19)18-8-4-3-5-9-18/h10,12,15H,2-9,11H2,1H3. The van der Waals surface area contributed by atoms with Crippen LogP contribution in [0.1, 0.15) is 31.9 Å². The van der Waals surface area contributed by atoms with Crippen LogP contribution >= 0.6 is 0 Å². The number of imidazole rings is 1. The summed E-state index contributed by atoms with van der Waals surface area (Å²) in [6, 6.07) is 0. The quantitative estimate of drug-likeness (QED) is 0.781. The third-order valence-corrected chi connectivity index (χ3v) is 3.52. The van der Waals surface area contributed by atoms with Crippen molar-refractivity contribution in [1.82, 2.24) is 19.8 Å². The molecule has 2 heterocycles. The number of likely N-dealkylation sites (tertiary alicyclic amines) is 1. The van der Waals surface area contributed by atoms with E-state index in [2.05, 4.69) is 17.2 Å². The summed E-state index contributed by atoms with van der Waals surface area (Å²) in [5, 5.41) is 3.27. The van der Waals surface area contributed by atoms with E-state index in [1.807, 2.05) is 15.7 Å². The number of hydrogen-bond donors (Lipinski definition) is 1. The zero-order chi connectivity index (χ0) is 13.5. The molecule has 19 heavy (non-hydrogen) atoms. The lowest BCUT2D eigenvalue weighted by molar-refractivity contribution is -0.132. The van der Waals surface area contributed by atoms with Gasteiger partial charge in [0.05, 0.1) is 12.0 Å². The molecule has 0 atom stereocenters. The molecule has 5 nitrogen and oxygen atoms in total. The van der Waals surface area contributed by atoms with E-state index in [1.165, 1.54) is 6.42 Å². The van der Waals surface area contributed by atoms with E-state index in [4.69, 9.17) is 0 Å². The lowest BCUT2D eigenvalue weighted by atomic mass is 10.1. The molecule has 0 radical (unpaired) electrons. The number of hydrogen-bond acceptors (Lipinski definition) is 3. The number of likely N-dealkylation sites (N-methyl/N-ethyl adjacent to an activating group) is 1. The molecular weight excluding hydrogens is 240 g/mol. The first-order chi connectivity index (χ1) is 9.29. The molecule has 1 aliphatic heterocycles. The molecule has 1 N–H and O–H groups in total. The highest BCUT2D eigenvalue weighted by Gasteiger charge is 2.16. The monoisotopic (exact) mass is 264 g/mol. The van der Waals surface area contributed by atoms with Gasteiger partial charge in [-0.3, -0.25) is 4.79 Å². The number of nitrogens with one attached hydrogen (secondary N) is 1. The molecule has 0 saturated carbocycles. The highest BCUT2D eigenvalue weighted by molar-refractivity contribution is 5.76. The van der Waals surface area contributed by atoms with Crippen molar-refractivity contribution in [3.63, 3.8) is 0 Å². The van der Waals surface area contributed by atoms with E-state index < -0.39 is 0 Å². The Bertz CT molecular complexity index is 396. The van der Waals surface area contributed by atoms with Gasteiger partial charge in [0.2, 0.25) is 5.91 Å². The van der Waals surface area contributed by atoms with Crippen LogP contribution in [0.15, 0.2) is 12.5 Å². The largest absolute Gasteiger partial charge is 0.341 e. The highest BCUT2D eigenvalue weighted by atomic mass is 16.2. The van der Waals surface area contributed by atoms with Crippen LogP contribution in [-0.4, -0.2) is 46.5 Å². The van der Waals surface area contributed by atoms with E-state index in [9.17, 15) is 4.79 Å². The maximum atomic E-state index is 12.1. The number of piperidine rings is 1. The highest BCUT2D eigenvalue weighted by Crippen LogP contribution is 2.09. The van der Waals surface area contributed by atoms with Crippen molar-refractivity contribution in [1.29, 1.82) is 0 Å². The summed E-state index contributed by atoms with van der Waals surface area (Å²) < 4.78 is 1.90. The molecule has 5 heteroatoms. The van der Waals surface area contributed by atoms with Crippen LogP contribution in [0.5, 0.6) is 0 Å². The van der Waals surface area contributed by atoms with Crippen LogP contribution in [0, 0.1) is 0 Å². The summed E-state index contributed by atoms with van der Waals surface area (Å²) in [4.78, 5) is 18.4. The van der Waals surface area contributed by atoms with Gasteiger partial charge in [-0.15, -0.1) is 0 Å². The number of amides is 1. The lowest BCUT2D eigenvalue weighted by Gasteiger charge is -2.26. The zero-order valence-corrected chi connectivity index (χ0v) is 11.8. The molecule has 0 aliphatic carbocycles. The van der Waals surface area contributed by atoms with Gasteiger partial charge in [-0.25, -0.2) is 4.98 Å². The maximum Gasteiger partial charge on any atom is 0.242 e. The second-order valence-electron chi connectivity index (χ2n) is 5.08. The molecular formula is C14H24N4O. The molecule has 0 spiro atoms. The molecule has 1 aromatic rings. The third-order valence-electron chi connectivity index (χ3n) is 3.52. The van der Waals surface area contributed by atoms with Gasteiger partial charge in [0.25, 0.3) is 0 Å². The SMILES string of the molecule is CCNCCc1cn(CC(=O)N2CCCCC2)cn1.